The molecular weight excluding hydrogens is 306 g/mol. The number of hydrogen-bond acceptors (Lipinski definition) is 5. The zero-order valence-electron chi connectivity index (χ0n) is 11.9. The van der Waals surface area contributed by atoms with Crippen LogP contribution in [0.5, 0.6) is 0 Å². The van der Waals surface area contributed by atoms with E-state index in [2.05, 4.69) is 64.2 Å². The van der Waals surface area contributed by atoms with Gasteiger partial charge in [-0.05, 0) is 56.5 Å². The second kappa shape index (κ2) is 4.90. The zero-order valence-corrected chi connectivity index (χ0v) is 13.5. The molecule has 0 saturated carbocycles. The molecule has 0 aliphatic carbocycles. The SMILES string of the molecule is CC1(C)CC(Nc2ncc(Br)nc2N)CC(C)(C)N1. The Bertz CT molecular complexity index is 456. The molecule has 0 unspecified atom stereocenters. The molecule has 1 saturated heterocycles. The Morgan fingerprint density at radius 2 is 1.89 bits per heavy atom. The number of rotatable bonds is 2. The van der Waals surface area contributed by atoms with Crippen molar-refractivity contribution in [3.05, 3.63) is 10.8 Å². The van der Waals surface area contributed by atoms with Crippen LogP contribution < -0.4 is 16.4 Å². The third-order valence-corrected chi connectivity index (χ3v) is 3.68. The smallest absolute Gasteiger partial charge is 0.169 e. The average molecular weight is 328 g/mol. The summed E-state index contributed by atoms with van der Waals surface area (Å²) < 4.78 is 0.654. The third kappa shape index (κ3) is 3.79. The molecular formula is C13H22BrN5. The van der Waals surface area contributed by atoms with Crippen molar-refractivity contribution in [3.8, 4) is 0 Å². The molecule has 2 rings (SSSR count). The Morgan fingerprint density at radius 3 is 2.42 bits per heavy atom. The summed E-state index contributed by atoms with van der Waals surface area (Å²) in [5.74, 6) is 1.10. The first-order valence-electron chi connectivity index (χ1n) is 6.51. The quantitative estimate of drug-likeness (QED) is 0.778. The summed E-state index contributed by atoms with van der Waals surface area (Å²) in [6.07, 6.45) is 3.71. The molecule has 1 aliphatic rings. The summed E-state index contributed by atoms with van der Waals surface area (Å²) in [6.45, 7) is 8.89. The van der Waals surface area contributed by atoms with Gasteiger partial charge in [0.2, 0.25) is 0 Å². The van der Waals surface area contributed by atoms with Crippen LogP contribution in [0.2, 0.25) is 0 Å². The molecule has 0 atom stereocenters. The number of nitrogens with two attached hydrogens (primary N) is 1. The van der Waals surface area contributed by atoms with E-state index in [9.17, 15) is 0 Å². The van der Waals surface area contributed by atoms with Crippen molar-refractivity contribution in [2.75, 3.05) is 11.1 Å². The van der Waals surface area contributed by atoms with Gasteiger partial charge in [0.15, 0.2) is 11.6 Å². The van der Waals surface area contributed by atoms with Crippen LogP contribution in [0.15, 0.2) is 10.8 Å². The first-order chi connectivity index (χ1) is 8.67. The van der Waals surface area contributed by atoms with Crippen LogP contribution in [0, 0.1) is 0 Å². The molecule has 4 N–H and O–H groups in total. The molecule has 0 spiro atoms. The van der Waals surface area contributed by atoms with Gasteiger partial charge in [-0.25, -0.2) is 9.97 Å². The Labute approximate surface area is 122 Å². The highest BCUT2D eigenvalue weighted by Crippen LogP contribution is 2.31. The number of hydrogen-bond donors (Lipinski definition) is 3. The van der Waals surface area contributed by atoms with Gasteiger partial charge < -0.3 is 16.4 Å². The minimum atomic E-state index is 0.0942. The van der Waals surface area contributed by atoms with Gasteiger partial charge in [0.1, 0.15) is 4.60 Å². The molecule has 106 valence electrons. The summed E-state index contributed by atoms with van der Waals surface area (Å²) in [7, 11) is 0. The van der Waals surface area contributed by atoms with Crippen molar-refractivity contribution >= 4 is 27.6 Å². The van der Waals surface area contributed by atoms with Crippen LogP contribution in [0.1, 0.15) is 40.5 Å². The minimum absolute atomic E-state index is 0.0942. The monoisotopic (exact) mass is 327 g/mol. The van der Waals surface area contributed by atoms with E-state index >= 15 is 0 Å². The van der Waals surface area contributed by atoms with E-state index in [0.717, 1.165) is 12.8 Å². The molecule has 5 nitrogen and oxygen atoms in total. The van der Waals surface area contributed by atoms with E-state index in [1.165, 1.54) is 0 Å². The number of anilines is 2. The van der Waals surface area contributed by atoms with Crippen molar-refractivity contribution in [1.29, 1.82) is 0 Å². The summed E-state index contributed by atoms with van der Waals surface area (Å²) in [5, 5.41) is 7.08. The maximum Gasteiger partial charge on any atom is 0.169 e. The largest absolute Gasteiger partial charge is 0.381 e. The van der Waals surface area contributed by atoms with Gasteiger partial charge in [0.25, 0.3) is 0 Å². The number of nitrogens with zero attached hydrogens (tertiary/aromatic N) is 2. The molecule has 19 heavy (non-hydrogen) atoms. The van der Waals surface area contributed by atoms with E-state index in [-0.39, 0.29) is 11.1 Å². The highest BCUT2D eigenvalue weighted by atomic mass is 79.9. The maximum absolute atomic E-state index is 5.89. The van der Waals surface area contributed by atoms with Gasteiger partial charge >= 0.3 is 0 Å². The lowest BCUT2D eigenvalue weighted by Crippen LogP contribution is -2.60. The number of piperidine rings is 1. The lowest BCUT2D eigenvalue weighted by atomic mass is 9.79. The summed E-state index contributed by atoms with van der Waals surface area (Å²) in [4.78, 5) is 8.47. The number of nitrogen functional groups attached to an aromatic ring is 1. The fourth-order valence-corrected chi connectivity index (χ4v) is 3.40. The fraction of sp³-hybridized carbons (Fsp3) is 0.692. The van der Waals surface area contributed by atoms with E-state index in [1.54, 1.807) is 6.20 Å². The highest BCUT2D eigenvalue weighted by Gasteiger charge is 2.37. The van der Waals surface area contributed by atoms with Crippen LogP contribution in [-0.4, -0.2) is 27.1 Å². The molecule has 0 radical (unpaired) electrons. The van der Waals surface area contributed by atoms with Gasteiger partial charge in [-0.1, -0.05) is 0 Å². The van der Waals surface area contributed by atoms with Crippen molar-refractivity contribution in [2.45, 2.75) is 57.7 Å². The first-order valence-corrected chi connectivity index (χ1v) is 7.30. The molecule has 1 aliphatic heterocycles. The van der Waals surface area contributed by atoms with Crippen molar-refractivity contribution in [1.82, 2.24) is 15.3 Å². The van der Waals surface area contributed by atoms with Crippen molar-refractivity contribution < 1.29 is 0 Å². The number of aromatic nitrogens is 2. The Kier molecular flexibility index (Phi) is 3.75. The Balaban J connectivity index is 2.14. The Hall–Kier alpha value is -0.880. The van der Waals surface area contributed by atoms with Gasteiger partial charge in [-0.2, -0.15) is 0 Å². The number of halogens is 1. The molecule has 1 aromatic rings. The zero-order chi connectivity index (χ0) is 14.3. The molecule has 1 aromatic heterocycles. The van der Waals surface area contributed by atoms with Crippen LogP contribution in [0.3, 0.4) is 0 Å². The van der Waals surface area contributed by atoms with E-state index in [0.29, 0.717) is 22.3 Å². The minimum Gasteiger partial charge on any atom is -0.381 e. The van der Waals surface area contributed by atoms with E-state index in [1.807, 2.05) is 0 Å². The predicted molar refractivity (Wildman–Crippen MR) is 82.1 cm³/mol. The standard InChI is InChI=1S/C13H22BrN5/c1-12(2)5-8(6-13(3,4)19-12)17-11-10(15)18-9(14)7-16-11/h7-8,19H,5-6H2,1-4H3,(H2,15,18)(H,16,17). The van der Waals surface area contributed by atoms with Gasteiger partial charge in [0, 0.05) is 17.1 Å². The second-order valence-corrected chi connectivity index (χ2v) is 7.38. The Morgan fingerprint density at radius 1 is 1.32 bits per heavy atom. The first kappa shape index (κ1) is 14.5. The van der Waals surface area contributed by atoms with Crippen molar-refractivity contribution in [2.24, 2.45) is 0 Å². The summed E-state index contributed by atoms with van der Waals surface area (Å²) in [5.41, 5.74) is 6.08. The molecule has 1 fully saturated rings. The third-order valence-electron chi connectivity index (χ3n) is 3.30. The normalized spacial score (nSPS) is 22.2. The topological polar surface area (TPSA) is 75.9 Å². The predicted octanol–water partition coefficient (Wildman–Crippen LogP) is 2.54. The number of nitrogens with one attached hydrogen (secondary N) is 2. The highest BCUT2D eigenvalue weighted by molar-refractivity contribution is 9.10. The van der Waals surface area contributed by atoms with E-state index < -0.39 is 0 Å². The van der Waals surface area contributed by atoms with Gasteiger partial charge in [-0.3, -0.25) is 0 Å². The second-order valence-electron chi connectivity index (χ2n) is 6.57. The van der Waals surface area contributed by atoms with Crippen molar-refractivity contribution in [3.63, 3.8) is 0 Å². The van der Waals surface area contributed by atoms with E-state index in [4.69, 9.17) is 5.73 Å². The molecule has 0 amide bonds. The van der Waals surface area contributed by atoms with Gasteiger partial charge in [0.05, 0.1) is 6.20 Å². The summed E-state index contributed by atoms with van der Waals surface area (Å²) in [6, 6.07) is 0.337. The molecule has 0 bridgehead atoms. The molecule has 6 heteroatoms. The summed E-state index contributed by atoms with van der Waals surface area (Å²) >= 11 is 3.27. The lowest BCUT2D eigenvalue weighted by Gasteiger charge is -2.46. The van der Waals surface area contributed by atoms with Crippen LogP contribution >= 0.6 is 15.9 Å². The van der Waals surface area contributed by atoms with Gasteiger partial charge in [-0.15, -0.1) is 0 Å². The maximum atomic E-state index is 5.89. The lowest BCUT2D eigenvalue weighted by molar-refractivity contribution is 0.170. The molecule has 2 heterocycles. The van der Waals surface area contributed by atoms with Crippen LogP contribution in [0.25, 0.3) is 0 Å². The van der Waals surface area contributed by atoms with Crippen LogP contribution in [-0.2, 0) is 0 Å². The van der Waals surface area contributed by atoms with Crippen LogP contribution in [0.4, 0.5) is 11.6 Å². The average Bonchev–Trinajstić information content (AvgIpc) is 2.17. The fourth-order valence-electron chi connectivity index (χ4n) is 3.11. The molecule has 0 aromatic carbocycles.